The van der Waals surface area contributed by atoms with Gasteiger partial charge in [0.25, 0.3) is 5.91 Å². The molecule has 5 aromatic carbocycles. The highest BCUT2D eigenvalue weighted by atomic mass is 16.5. The molecule has 0 unspecified atom stereocenters. The Kier molecular flexibility index (Phi) is 6.50. The van der Waals surface area contributed by atoms with Crippen molar-refractivity contribution in [1.82, 2.24) is 0 Å². The van der Waals surface area contributed by atoms with Crippen molar-refractivity contribution in [3.05, 3.63) is 132 Å². The molecule has 6 heteroatoms. The lowest BCUT2D eigenvalue weighted by Gasteiger charge is -2.10. The fourth-order valence-corrected chi connectivity index (χ4v) is 4.39. The van der Waals surface area contributed by atoms with E-state index in [1.807, 2.05) is 97.1 Å². The molecule has 1 N–H and O–H groups in total. The van der Waals surface area contributed by atoms with Gasteiger partial charge in [0.1, 0.15) is 23.3 Å². The summed E-state index contributed by atoms with van der Waals surface area (Å²) >= 11 is 0. The Bertz CT molecular complexity index is 1840. The molecule has 0 atom stereocenters. The SMILES string of the molecule is O=C(COc1ccc2c(=O)c(Oc3ccc(-c4ccccc4)cc3)coc2c1)Nc1cccc2ccccc12. The minimum absolute atomic E-state index is 0.0816. The van der Waals surface area contributed by atoms with E-state index in [2.05, 4.69) is 5.32 Å². The van der Waals surface area contributed by atoms with Gasteiger partial charge in [-0.2, -0.15) is 0 Å². The number of benzene rings is 5. The van der Waals surface area contributed by atoms with Crippen molar-refractivity contribution in [2.24, 2.45) is 0 Å². The molecule has 0 bridgehead atoms. The number of fused-ring (bicyclic) bond motifs is 2. The van der Waals surface area contributed by atoms with Crippen LogP contribution >= 0.6 is 0 Å². The van der Waals surface area contributed by atoms with Crippen molar-refractivity contribution in [3.63, 3.8) is 0 Å². The lowest BCUT2D eigenvalue weighted by Crippen LogP contribution is -2.20. The minimum Gasteiger partial charge on any atom is -0.484 e. The number of hydrogen-bond donors (Lipinski definition) is 1. The summed E-state index contributed by atoms with van der Waals surface area (Å²) in [4.78, 5) is 25.6. The Morgan fingerprint density at radius 2 is 1.44 bits per heavy atom. The molecule has 0 aliphatic rings. The van der Waals surface area contributed by atoms with Crippen LogP contribution < -0.4 is 20.2 Å². The molecule has 39 heavy (non-hydrogen) atoms. The Morgan fingerprint density at radius 3 is 2.28 bits per heavy atom. The predicted molar refractivity (Wildman–Crippen MR) is 153 cm³/mol. The monoisotopic (exact) mass is 513 g/mol. The number of carbonyl (C=O) groups is 1. The first-order chi connectivity index (χ1) is 19.1. The van der Waals surface area contributed by atoms with Crippen LogP contribution in [-0.2, 0) is 4.79 Å². The first-order valence-electron chi connectivity index (χ1n) is 12.4. The quantitative estimate of drug-likeness (QED) is 0.240. The van der Waals surface area contributed by atoms with Crippen LogP contribution in [0.5, 0.6) is 17.2 Å². The third-order valence-electron chi connectivity index (χ3n) is 6.34. The fraction of sp³-hybridized carbons (Fsp3) is 0.0303. The van der Waals surface area contributed by atoms with Gasteiger partial charge in [-0.1, -0.05) is 78.9 Å². The molecule has 190 valence electrons. The number of rotatable bonds is 7. The molecular weight excluding hydrogens is 490 g/mol. The van der Waals surface area contributed by atoms with E-state index in [1.165, 1.54) is 6.26 Å². The number of ether oxygens (including phenoxy) is 2. The second kappa shape index (κ2) is 10.6. The highest BCUT2D eigenvalue weighted by molar-refractivity contribution is 6.02. The third kappa shape index (κ3) is 5.22. The molecule has 1 heterocycles. The van der Waals surface area contributed by atoms with Gasteiger partial charge in [-0.25, -0.2) is 0 Å². The molecule has 6 nitrogen and oxygen atoms in total. The molecule has 0 aliphatic heterocycles. The zero-order chi connectivity index (χ0) is 26.6. The van der Waals surface area contributed by atoms with E-state index in [0.29, 0.717) is 28.2 Å². The summed E-state index contributed by atoms with van der Waals surface area (Å²) in [6.07, 6.45) is 1.28. The van der Waals surface area contributed by atoms with E-state index in [0.717, 1.165) is 21.9 Å². The average Bonchev–Trinajstić information content (AvgIpc) is 2.98. The van der Waals surface area contributed by atoms with Crippen molar-refractivity contribution < 1.29 is 18.7 Å². The van der Waals surface area contributed by atoms with Gasteiger partial charge in [-0.05, 0) is 46.8 Å². The maximum atomic E-state index is 13.0. The summed E-state index contributed by atoms with van der Waals surface area (Å²) in [5.41, 5.74) is 2.89. The zero-order valence-corrected chi connectivity index (χ0v) is 20.8. The normalized spacial score (nSPS) is 10.9. The molecule has 0 saturated carbocycles. The first-order valence-corrected chi connectivity index (χ1v) is 12.4. The van der Waals surface area contributed by atoms with E-state index < -0.39 is 0 Å². The van der Waals surface area contributed by atoms with Crippen molar-refractivity contribution >= 4 is 33.3 Å². The molecule has 0 saturated heterocycles. The molecule has 6 rings (SSSR count). The zero-order valence-electron chi connectivity index (χ0n) is 20.8. The number of nitrogens with one attached hydrogen (secondary N) is 1. The first kappa shape index (κ1) is 24.0. The van der Waals surface area contributed by atoms with Crippen LogP contribution in [0.3, 0.4) is 0 Å². The summed E-state index contributed by atoms with van der Waals surface area (Å²) in [6, 6.07) is 35.9. The maximum Gasteiger partial charge on any atom is 0.262 e. The Labute approximate surface area is 224 Å². The third-order valence-corrected chi connectivity index (χ3v) is 6.34. The predicted octanol–water partition coefficient (Wildman–Crippen LogP) is 7.42. The van der Waals surface area contributed by atoms with Crippen LogP contribution in [0, 0.1) is 0 Å². The average molecular weight is 514 g/mol. The number of hydrogen-bond acceptors (Lipinski definition) is 5. The molecule has 1 aromatic heterocycles. The van der Waals surface area contributed by atoms with E-state index in [4.69, 9.17) is 13.9 Å². The standard InChI is InChI=1S/C33H23NO5/c35-32(34-29-12-6-10-24-9-4-5-11-27(24)29)21-37-26-17-18-28-30(19-26)38-20-31(33(28)36)39-25-15-13-23(14-16-25)22-7-2-1-3-8-22/h1-20H,21H2,(H,34,35). The van der Waals surface area contributed by atoms with Crippen LogP contribution in [0.15, 0.2) is 131 Å². The Balaban J connectivity index is 1.13. The van der Waals surface area contributed by atoms with E-state index in [1.54, 1.807) is 18.2 Å². The van der Waals surface area contributed by atoms with Crippen LogP contribution in [-0.4, -0.2) is 12.5 Å². The molecule has 1 amide bonds. The number of carbonyl (C=O) groups excluding carboxylic acids is 1. The van der Waals surface area contributed by atoms with Gasteiger partial charge in [0.15, 0.2) is 6.61 Å². The van der Waals surface area contributed by atoms with Crippen molar-refractivity contribution in [1.29, 1.82) is 0 Å². The smallest absolute Gasteiger partial charge is 0.262 e. The van der Waals surface area contributed by atoms with Crippen LogP contribution in [0.2, 0.25) is 0 Å². The lowest BCUT2D eigenvalue weighted by molar-refractivity contribution is -0.118. The summed E-state index contributed by atoms with van der Waals surface area (Å²) in [5, 5.41) is 5.22. The summed E-state index contributed by atoms with van der Waals surface area (Å²) in [7, 11) is 0. The Hall–Kier alpha value is -5.36. The van der Waals surface area contributed by atoms with Crippen LogP contribution in [0.4, 0.5) is 5.69 Å². The van der Waals surface area contributed by atoms with Gasteiger partial charge in [-0.15, -0.1) is 0 Å². The maximum absolute atomic E-state index is 13.0. The van der Waals surface area contributed by atoms with E-state index in [-0.39, 0.29) is 23.7 Å². The van der Waals surface area contributed by atoms with Crippen molar-refractivity contribution in [2.75, 3.05) is 11.9 Å². The number of amides is 1. The molecule has 0 spiro atoms. The van der Waals surface area contributed by atoms with Gasteiger partial charge in [0.05, 0.1) is 5.39 Å². The molecular formula is C33H23NO5. The number of anilines is 1. The van der Waals surface area contributed by atoms with E-state index in [9.17, 15) is 9.59 Å². The largest absolute Gasteiger partial charge is 0.484 e. The van der Waals surface area contributed by atoms with Crippen molar-refractivity contribution in [2.45, 2.75) is 0 Å². The van der Waals surface area contributed by atoms with Crippen LogP contribution in [0.25, 0.3) is 32.9 Å². The second-order valence-corrected chi connectivity index (χ2v) is 8.94. The summed E-state index contributed by atoms with van der Waals surface area (Å²) in [6.45, 7) is -0.195. The summed E-state index contributed by atoms with van der Waals surface area (Å²) in [5.74, 6) is 0.718. The minimum atomic E-state index is -0.302. The highest BCUT2D eigenvalue weighted by Gasteiger charge is 2.12. The van der Waals surface area contributed by atoms with Gasteiger partial charge in [0, 0.05) is 17.1 Å². The summed E-state index contributed by atoms with van der Waals surface area (Å²) < 4.78 is 17.2. The molecule has 6 aromatic rings. The molecule has 0 aliphatic carbocycles. The molecule has 0 radical (unpaired) electrons. The lowest BCUT2D eigenvalue weighted by atomic mass is 10.1. The second-order valence-electron chi connectivity index (χ2n) is 8.94. The van der Waals surface area contributed by atoms with Crippen molar-refractivity contribution in [3.8, 4) is 28.4 Å². The van der Waals surface area contributed by atoms with Gasteiger partial charge >= 0.3 is 0 Å². The topological polar surface area (TPSA) is 77.8 Å². The van der Waals surface area contributed by atoms with Gasteiger partial charge < -0.3 is 19.2 Å². The van der Waals surface area contributed by atoms with E-state index >= 15 is 0 Å². The fourth-order valence-electron chi connectivity index (χ4n) is 4.39. The Morgan fingerprint density at radius 1 is 0.718 bits per heavy atom. The van der Waals surface area contributed by atoms with Crippen LogP contribution in [0.1, 0.15) is 0 Å². The highest BCUT2D eigenvalue weighted by Crippen LogP contribution is 2.27. The van der Waals surface area contributed by atoms with Gasteiger partial charge in [0.2, 0.25) is 11.2 Å². The van der Waals surface area contributed by atoms with Gasteiger partial charge in [-0.3, -0.25) is 9.59 Å². The molecule has 0 fully saturated rings.